The van der Waals surface area contributed by atoms with Crippen LogP contribution in [0, 0.1) is 5.92 Å². The highest BCUT2D eigenvalue weighted by Crippen LogP contribution is 2.27. The second kappa shape index (κ2) is 7.07. The van der Waals surface area contributed by atoms with E-state index in [1.54, 1.807) is 0 Å². The van der Waals surface area contributed by atoms with E-state index in [1.165, 1.54) is 32.1 Å². The molecule has 0 radical (unpaired) electrons. The molecular weight excluding hydrogens is 264 g/mol. The highest BCUT2D eigenvalue weighted by Gasteiger charge is 2.18. The van der Waals surface area contributed by atoms with Crippen LogP contribution in [0.15, 0.2) is 12.3 Å². The van der Waals surface area contributed by atoms with Gasteiger partial charge < -0.3 is 10.6 Å². The van der Waals surface area contributed by atoms with Crippen LogP contribution in [0.4, 0.5) is 5.82 Å². The van der Waals surface area contributed by atoms with Gasteiger partial charge >= 0.3 is 0 Å². The van der Waals surface area contributed by atoms with Gasteiger partial charge in [-0.3, -0.25) is 9.48 Å². The summed E-state index contributed by atoms with van der Waals surface area (Å²) in [6.45, 7) is 2.02. The molecule has 1 saturated heterocycles. The topological polar surface area (TPSA) is 59.0 Å². The lowest BCUT2D eigenvalue weighted by molar-refractivity contribution is -0.116. The van der Waals surface area contributed by atoms with Crippen molar-refractivity contribution in [2.45, 2.75) is 57.4 Å². The van der Waals surface area contributed by atoms with E-state index in [9.17, 15) is 4.79 Å². The Morgan fingerprint density at radius 2 is 2.19 bits per heavy atom. The van der Waals surface area contributed by atoms with Crippen molar-refractivity contribution in [1.82, 2.24) is 15.1 Å². The van der Waals surface area contributed by atoms with Crippen LogP contribution in [0.1, 0.15) is 57.4 Å². The number of carbonyl (C=O) groups excluding carboxylic acids is 1. The summed E-state index contributed by atoms with van der Waals surface area (Å²) in [4.78, 5) is 12.0. The molecule has 0 spiro atoms. The van der Waals surface area contributed by atoms with Crippen LogP contribution in [0.25, 0.3) is 0 Å². The van der Waals surface area contributed by atoms with E-state index in [1.807, 2.05) is 16.9 Å². The fourth-order valence-electron chi connectivity index (χ4n) is 3.49. The minimum absolute atomic E-state index is 0.107. The molecule has 21 heavy (non-hydrogen) atoms. The molecule has 1 unspecified atom stereocenters. The fourth-order valence-corrected chi connectivity index (χ4v) is 3.49. The van der Waals surface area contributed by atoms with E-state index in [0.29, 0.717) is 18.3 Å². The second-order valence-electron chi connectivity index (χ2n) is 6.42. The van der Waals surface area contributed by atoms with Crippen LogP contribution in [-0.4, -0.2) is 28.8 Å². The molecule has 2 heterocycles. The molecule has 0 bridgehead atoms. The lowest BCUT2D eigenvalue weighted by Gasteiger charge is -2.20. The summed E-state index contributed by atoms with van der Waals surface area (Å²) in [5.74, 6) is 1.55. The first-order chi connectivity index (χ1) is 10.3. The van der Waals surface area contributed by atoms with Crippen LogP contribution in [-0.2, 0) is 4.79 Å². The van der Waals surface area contributed by atoms with Gasteiger partial charge in [0.15, 0.2) is 5.82 Å². The Morgan fingerprint density at radius 3 is 2.95 bits per heavy atom. The quantitative estimate of drug-likeness (QED) is 0.876. The molecule has 1 aliphatic carbocycles. The van der Waals surface area contributed by atoms with Crippen molar-refractivity contribution in [3.63, 3.8) is 0 Å². The number of rotatable bonds is 5. The smallest absolute Gasteiger partial charge is 0.225 e. The summed E-state index contributed by atoms with van der Waals surface area (Å²) >= 11 is 0. The molecule has 3 rings (SSSR count). The van der Waals surface area contributed by atoms with E-state index in [-0.39, 0.29) is 5.91 Å². The van der Waals surface area contributed by atoms with E-state index in [2.05, 4.69) is 15.7 Å². The first kappa shape index (κ1) is 14.6. The molecule has 116 valence electrons. The van der Waals surface area contributed by atoms with Crippen LogP contribution in [0.3, 0.4) is 0 Å². The number of nitrogens with one attached hydrogen (secondary N) is 2. The van der Waals surface area contributed by atoms with Crippen molar-refractivity contribution in [3.05, 3.63) is 12.3 Å². The molecule has 1 aromatic rings. The van der Waals surface area contributed by atoms with Crippen LogP contribution in [0.2, 0.25) is 0 Å². The van der Waals surface area contributed by atoms with Crippen molar-refractivity contribution in [2.24, 2.45) is 5.92 Å². The molecule has 5 nitrogen and oxygen atoms in total. The van der Waals surface area contributed by atoms with E-state index >= 15 is 0 Å². The molecule has 1 amide bonds. The molecule has 1 saturated carbocycles. The third kappa shape index (κ3) is 4.06. The Hall–Kier alpha value is -1.36. The van der Waals surface area contributed by atoms with Gasteiger partial charge in [0.05, 0.1) is 6.04 Å². The lowest BCUT2D eigenvalue weighted by atomic mass is 9.86. The monoisotopic (exact) mass is 290 g/mol. The van der Waals surface area contributed by atoms with E-state index < -0.39 is 0 Å². The third-order valence-electron chi connectivity index (χ3n) is 4.79. The number of amides is 1. The summed E-state index contributed by atoms with van der Waals surface area (Å²) in [7, 11) is 0. The molecule has 2 N–H and O–H groups in total. The summed E-state index contributed by atoms with van der Waals surface area (Å²) in [6, 6.07) is 2.33. The number of carbonyl (C=O) groups is 1. The maximum atomic E-state index is 12.0. The van der Waals surface area contributed by atoms with Gasteiger partial charge in [0.25, 0.3) is 0 Å². The standard InChI is InChI=1S/C16H26N4O/c21-16(7-6-13-4-2-1-3-5-13)18-15-9-11-20(19-15)14-8-10-17-12-14/h9,11,13-14,17H,1-8,10,12H2,(H,18,19,21). The molecule has 1 aromatic heterocycles. The minimum atomic E-state index is 0.107. The fraction of sp³-hybridized carbons (Fsp3) is 0.750. The molecule has 2 aliphatic rings. The number of hydrogen-bond acceptors (Lipinski definition) is 3. The minimum Gasteiger partial charge on any atom is -0.315 e. The van der Waals surface area contributed by atoms with Crippen molar-refractivity contribution < 1.29 is 4.79 Å². The largest absolute Gasteiger partial charge is 0.315 e. The predicted octanol–water partition coefficient (Wildman–Crippen LogP) is 2.72. The summed E-state index contributed by atoms with van der Waals surface area (Å²) in [6.07, 6.45) is 11.4. The number of aromatic nitrogens is 2. The van der Waals surface area contributed by atoms with Gasteiger partial charge in [-0.25, -0.2) is 0 Å². The molecule has 0 aromatic carbocycles. The number of anilines is 1. The van der Waals surface area contributed by atoms with Gasteiger partial charge in [0, 0.05) is 25.2 Å². The second-order valence-corrected chi connectivity index (χ2v) is 6.42. The Bertz CT molecular complexity index is 459. The van der Waals surface area contributed by atoms with Gasteiger partial charge in [-0.05, 0) is 25.3 Å². The van der Waals surface area contributed by atoms with Crippen LogP contribution in [0.5, 0.6) is 0 Å². The molecule has 2 fully saturated rings. The average molecular weight is 290 g/mol. The first-order valence-electron chi connectivity index (χ1n) is 8.37. The Balaban J connectivity index is 1.43. The zero-order valence-electron chi connectivity index (χ0n) is 12.7. The van der Waals surface area contributed by atoms with Gasteiger partial charge in [0.1, 0.15) is 0 Å². The summed E-state index contributed by atoms with van der Waals surface area (Å²) < 4.78 is 1.97. The summed E-state index contributed by atoms with van der Waals surface area (Å²) in [5, 5.41) is 10.7. The molecule has 1 atom stereocenters. The third-order valence-corrected chi connectivity index (χ3v) is 4.79. The van der Waals surface area contributed by atoms with Crippen molar-refractivity contribution >= 4 is 11.7 Å². The normalized spacial score (nSPS) is 23.3. The van der Waals surface area contributed by atoms with Gasteiger partial charge in [0.2, 0.25) is 5.91 Å². The van der Waals surface area contributed by atoms with Gasteiger partial charge in [-0.1, -0.05) is 32.1 Å². The van der Waals surface area contributed by atoms with Crippen molar-refractivity contribution in [2.75, 3.05) is 18.4 Å². The Morgan fingerprint density at radius 1 is 1.33 bits per heavy atom. The first-order valence-corrected chi connectivity index (χ1v) is 8.37. The van der Waals surface area contributed by atoms with E-state index in [4.69, 9.17) is 0 Å². The highest BCUT2D eigenvalue weighted by molar-refractivity contribution is 5.89. The zero-order valence-corrected chi connectivity index (χ0v) is 12.7. The van der Waals surface area contributed by atoms with Gasteiger partial charge in [-0.2, -0.15) is 5.10 Å². The molecule has 1 aliphatic heterocycles. The number of nitrogens with zero attached hydrogens (tertiary/aromatic N) is 2. The van der Waals surface area contributed by atoms with Crippen LogP contribution >= 0.6 is 0 Å². The maximum Gasteiger partial charge on any atom is 0.225 e. The van der Waals surface area contributed by atoms with E-state index in [0.717, 1.165) is 31.8 Å². The van der Waals surface area contributed by atoms with Crippen LogP contribution < -0.4 is 10.6 Å². The van der Waals surface area contributed by atoms with Gasteiger partial charge in [-0.15, -0.1) is 0 Å². The SMILES string of the molecule is O=C(CCC1CCCCC1)Nc1ccn(C2CCNC2)n1. The summed E-state index contributed by atoms with van der Waals surface area (Å²) in [5.41, 5.74) is 0. The Labute approximate surface area is 126 Å². The zero-order chi connectivity index (χ0) is 14.5. The average Bonchev–Trinajstić information content (AvgIpc) is 3.17. The van der Waals surface area contributed by atoms with Crippen molar-refractivity contribution in [1.29, 1.82) is 0 Å². The highest BCUT2D eigenvalue weighted by atomic mass is 16.1. The Kier molecular flexibility index (Phi) is 4.91. The number of hydrogen-bond donors (Lipinski definition) is 2. The van der Waals surface area contributed by atoms with Crippen molar-refractivity contribution in [3.8, 4) is 0 Å². The maximum absolute atomic E-state index is 12.0. The molecular formula is C16H26N4O. The lowest BCUT2D eigenvalue weighted by Crippen LogP contribution is -2.16. The molecule has 5 heteroatoms. The predicted molar refractivity (Wildman–Crippen MR) is 83.2 cm³/mol.